The quantitative estimate of drug-likeness (QED) is 0.557. The molecule has 0 spiro atoms. The lowest BCUT2D eigenvalue weighted by Gasteiger charge is -2.15. The van der Waals surface area contributed by atoms with Gasteiger partial charge in [0.25, 0.3) is 5.91 Å². The highest BCUT2D eigenvalue weighted by atomic mass is 19.4. The maximum Gasteiger partial charge on any atom is 0.418 e. The Balaban J connectivity index is 1.82. The summed E-state index contributed by atoms with van der Waals surface area (Å²) in [4.78, 5) is 15.3. The Kier molecular flexibility index (Phi) is 5.44. The number of halogens is 6. The van der Waals surface area contributed by atoms with E-state index >= 15 is 0 Å². The fraction of sp³-hybridized carbons (Fsp3) is 0.0526. The Bertz CT molecular complexity index is 1050. The number of nitrogens with zero attached hydrogens (tertiary/aromatic N) is 1. The van der Waals surface area contributed by atoms with E-state index in [0.29, 0.717) is 12.4 Å². The second-order valence-corrected chi connectivity index (χ2v) is 5.80. The first-order chi connectivity index (χ1) is 13.7. The van der Waals surface area contributed by atoms with Crippen LogP contribution in [0.1, 0.15) is 15.9 Å². The van der Waals surface area contributed by atoms with E-state index in [0.717, 1.165) is 30.3 Å². The SMILES string of the molecule is O=C(Nc1ccc(Nc2ccccc2C(F)(F)F)c(F)c1)c1c(F)cncc1F. The first-order valence-corrected chi connectivity index (χ1v) is 8.00. The molecule has 3 aromatic rings. The number of hydrogen-bond acceptors (Lipinski definition) is 3. The van der Waals surface area contributed by atoms with Crippen LogP contribution in [0.4, 0.5) is 43.4 Å². The fourth-order valence-electron chi connectivity index (χ4n) is 2.50. The second kappa shape index (κ2) is 7.82. The molecular weight excluding hydrogens is 400 g/mol. The molecule has 1 heterocycles. The summed E-state index contributed by atoms with van der Waals surface area (Å²) < 4.78 is 80.6. The predicted octanol–water partition coefficient (Wildman–Crippen LogP) is 5.51. The van der Waals surface area contributed by atoms with Crippen molar-refractivity contribution in [1.29, 1.82) is 0 Å². The first kappa shape index (κ1) is 20.2. The minimum Gasteiger partial charge on any atom is -0.353 e. The summed E-state index contributed by atoms with van der Waals surface area (Å²) in [6.07, 6.45) is -3.36. The molecule has 0 radical (unpaired) electrons. The van der Waals surface area contributed by atoms with Gasteiger partial charge in [-0.05, 0) is 30.3 Å². The van der Waals surface area contributed by atoms with Crippen molar-refractivity contribution < 1.29 is 31.1 Å². The molecule has 150 valence electrons. The van der Waals surface area contributed by atoms with Crippen molar-refractivity contribution >= 4 is 23.0 Å². The summed E-state index contributed by atoms with van der Waals surface area (Å²) in [6, 6.07) is 7.56. The number of nitrogens with one attached hydrogen (secondary N) is 2. The van der Waals surface area contributed by atoms with Crippen molar-refractivity contribution in [3.63, 3.8) is 0 Å². The molecule has 4 nitrogen and oxygen atoms in total. The van der Waals surface area contributed by atoms with Crippen LogP contribution in [0.25, 0.3) is 0 Å². The third-order valence-corrected chi connectivity index (χ3v) is 3.81. The average molecular weight is 411 g/mol. The molecule has 0 fully saturated rings. The number of anilines is 3. The third-order valence-electron chi connectivity index (χ3n) is 3.81. The number of para-hydroxylation sites is 1. The van der Waals surface area contributed by atoms with Gasteiger partial charge in [-0.3, -0.25) is 9.78 Å². The number of hydrogen-bond donors (Lipinski definition) is 2. The summed E-state index contributed by atoms with van der Waals surface area (Å²) in [5.41, 5.74) is -2.70. The minimum absolute atomic E-state index is 0.155. The second-order valence-electron chi connectivity index (χ2n) is 5.80. The zero-order valence-corrected chi connectivity index (χ0v) is 14.3. The van der Waals surface area contributed by atoms with Crippen molar-refractivity contribution in [2.75, 3.05) is 10.6 Å². The lowest BCUT2D eigenvalue weighted by Crippen LogP contribution is -2.16. The van der Waals surface area contributed by atoms with Gasteiger partial charge < -0.3 is 10.6 Å². The van der Waals surface area contributed by atoms with Gasteiger partial charge in [0.05, 0.1) is 29.3 Å². The van der Waals surface area contributed by atoms with Gasteiger partial charge in [0, 0.05) is 5.69 Å². The van der Waals surface area contributed by atoms with E-state index in [-0.39, 0.29) is 17.1 Å². The van der Waals surface area contributed by atoms with E-state index in [2.05, 4.69) is 15.6 Å². The van der Waals surface area contributed by atoms with Crippen LogP contribution in [-0.2, 0) is 6.18 Å². The highest BCUT2D eigenvalue weighted by molar-refractivity contribution is 6.04. The smallest absolute Gasteiger partial charge is 0.353 e. The number of amides is 1. The maximum absolute atomic E-state index is 14.3. The molecule has 0 bridgehead atoms. The Hall–Kier alpha value is -3.56. The van der Waals surface area contributed by atoms with Crippen molar-refractivity contribution in [3.05, 3.63) is 83.4 Å². The van der Waals surface area contributed by atoms with Crippen molar-refractivity contribution in [2.45, 2.75) is 6.18 Å². The van der Waals surface area contributed by atoms with Gasteiger partial charge >= 0.3 is 6.18 Å². The molecule has 0 saturated carbocycles. The van der Waals surface area contributed by atoms with Crippen LogP contribution in [0, 0.1) is 17.5 Å². The number of benzene rings is 2. The number of carbonyl (C=O) groups excluding carboxylic acids is 1. The van der Waals surface area contributed by atoms with Crippen LogP contribution in [0.15, 0.2) is 54.9 Å². The van der Waals surface area contributed by atoms with E-state index in [1.807, 2.05) is 0 Å². The molecule has 3 rings (SSSR count). The number of carbonyl (C=O) groups is 1. The lowest BCUT2D eigenvalue weighted by molar-refractivity contribution is -0.136. The van der Waals surface area contributed by atoms with Crippen molar-refractivity contribution in [1.82, 2.24) is 4.98 Å². The topological polar surface area (TPSA) is 54.0 Å². The van der Waals surface area contributed by atoms with Gasteiger partial charge in [-0.2, -0.15) is 13.2 Å². The highest BCUT2D eigenvalue weighted by Gasteiger charge is 2.33. The van der Waals surface area contributed by atoms with Gasteiger partial charge in [0.2, 0.25) is 0 Å². The first-order valence-electron chi connectivity index (χ1n) is 8.00. The largest absolute Gasteiger partial charge is 0.418 e. The molecule has 2 aromatic carbocycles. The van der Waals surface area contributed by atoms with Gasteiger partial charge in [-0.25, -0.2) is 13.2 Å². The predicted molar refractivity (Wildman–Crippen MR) is 93.2 cm³/mol. The highest BCUT2D eigenvalue weighted by Crippen LogP contribution is 2.36. The van der Waals surface area contributed by atoms with E-state index in [4.69, 9.17) is 0 Å². The molecule has 0 atom stereocenters. The van der Waals surface area contributed by atoms with E-state index in [1.165, 1.54) is 12.1 Å². The Morgan fingerprint density at radius 2 is 1.52 bits per heavy atom. The summed E-state index contributed by atoms with van der Waals surface area (Å²) in [6.45, 7) is 0. The van der Waals surface area contributed by atoms with Crippen LogP contribution in [0.3, 0.4) is 0 Å². The van der Waals surface area contributed by atoms with Crippen molar-refractivity contribution in [3.8, 4) is 0 Å². The van der Waals surface area contributed by atoms with E-state index in [9.17, 15) is 31.1 Å². The van der Waals surface area contributed by atoms with Crippen LogP contribution in [0.5, 0.6) is 0 Å². The van der Waals surface area contributed by atoms with Crippen LogP contribution in [0.2, 0.25) is 0 Å². The Morgan fingerprint density at radius 3 is 2.14 bits per heavy atom. The molecule has 0 aliphatic rings. The standard InChI is InChI=1S/C19H11F6N3O/c20-12-7-10(27-18(29)17-13(21)8-26-9-14(17)22)5-6-16(12)28-15-4-2-1-3-11(15)19(23,24)25/h1-9,28H,(H,27,29). The number of pyridine rings is 1. The van der Waals surface area contributed by atoms with Gasteiger partial charge in [-0.15, -0.1) is 0 Å². The zero-order valence-electron chi connectivity index (χ0n) is 14.3. The van der Waals surface area contributed by atoms with Crippen LogP contribution >= 0.6 is 0 Å². The molecule has 0 aliphatic heterocycles. The molecule has 0 aliphatic carbocycles. The summed E-state index contributed by atoms with van der Waals surface area (Å²) in [7, 11) is 0. The number of alkyl halides is 3. The summed E-state index contributed by atoms with van der Waals surface area (Å²) in [5, 5.41) is 4.45. The van der Waals surface area contributed by atoms with Gasteiger partial charge in [0.15, 0.2) is 11.6 Å². The zero-order chi connectivity index (χ0) is 21.2. The molecule has 29 heavy (non-hydrogen) atoms. The van der Waals surface area contributed by atoms with E-state index < -0.39 is 40.7 Å². The van der Waals surface area contributed by atoms with Gasteiger partial charge in [-0.1, -0.05) is 12.1 Å². The summed E-state index contributed by atoms with van der Waals surface area (Å²) in [5.74, 6) is -4.57. The summed E-state index contributed by atoms with van der Waals surface area (Å²) >= 11 is 0. The molecule has 1 aromatic heterocycles. The normalized spacial score (nSPS) is 11.2. The molecule has 2 N–H and O–H groups in total. The molecule has 0 saturated heterocycles. The Labute approximate surface area is 160 Å². The average Bonchev–Trinajstić information content (AvgIpc) is 2.63. The molecule has 0 unspecified atom stereocenters. The van der Waals surface area contributed by atoms with Crippen molar-refractivity contribution in [2.24, 2.45) is 0 Å². The number of rotatable bonds is 4. The monoisotopic (exact) mass is 411 g/mol. The number of aromatic nitrogens is 1. The molecule has 10 heteroatoms. The third kappa shape index (κ3) is 4.48. The maximum atomic E-state index is 14.3. The Morgan fingerprint density at radius 1 is 0.862 bits per heavy atom. The van der Waals surface area contributed by atoms with Crippen LogP contribution in [-0.4, -0.2) is 10.9 Å². The molecule has 1 amide bonds. The van der Waals surface area contributed by atoms with Crippen LogP contribution < -0.4 is 10.6 Å². The minimum atomic E-state index is -4.65. The van der Waals surface area contributed by atoms with E-state index in [1.54, 1.807) is 0 Å². The lowest BCUT2D eigenvalue weighted by atomic mass is 10.1. The van der Waals surface area contributed by atoms with Gasteiger partial charge in [0.1, 0.15) is 11.4 Å². The molecular formula is C19H11F6N3O. The fourth-order valence-corrected chi connectivity index (χ4v) is 2.50.